The number of phenolic OH excluding ortho intramolecular Hbond substituents is 1. The van der Waals surface area contributed by atoms with Gasteiger partial charge in [-0.1, -0.05) is 30.4 Å². The average molecular weight is 220 g/mol. The average Bonchev–Trinajstić information content (AvgIpc) is 2.26. The Hall–Kier alpha value is -1.78. The fraction of sp³-hybridized carbons (Fsp3) is 0.167. The van der Waals surface area contributed by atoms with Gasteiger partial charge in [0.1, 0.15) is 17.6 Å². The molecule has 0 aliphatic heterocycles. The molecule has 84 valence electrons. The third kappa shape index (κ3) is 1.39. The van der Waals surface area contributed by atoms with Crippen LogP contribution in [-0.2, 0) is 5.60 Å². The highest BCUT2D eigenvalue weighted by Crippen LogP contribution is 2.38. The van der Waals surface area contributed by atoms with E-state index in [1.807, 2.05) is 0 Å². The Labute approximate surface area is 92.4 Å². The summed E-state index contributed by atoms with van der Waals surface area (Å²) in [6.07, 6.45) is 2.76. The van der Waals surface area contributed by atoms with Crippen molar-refractivity contribution < 1.29 is 20.4 Å². The van der Waals surface area contributed by atoms with E-state index in [-0.39, 0.29) is 11.3 Å². The first kappa shape index (κ1) is 10.7. The lowest BCUT2D eigenvalue weighted by Gasteiger charge is -2.33. The summed E-state index contributed by atoms with van der Waals surface area (Å²) in [4.78, 5) is 0. The van der Waals surface area contributed by atoms with Crippen LogP contribution in [-0.4, -0.2) is 26.5 Å². The maximum Gasteiger partial charge on any atom is 0.179 e. The number of aromatic hydroxyl groups is 1. The normalized spacial score (nSPS) is 28.9. The molecule has 0 saturated heterocycles. The Morgan fingerprint density at radius 2 is 1.81 bits per heavy atom. The fourth-order valence-electron chi connectivity index (χ4n) is 1.76. The van der Waals surface area contributed by atoms with Gasteiger partial charge in [0.15, 0.2) is 5.60 Å². The van der Waals surface area contributed by atoms with E-state index in [9.17, 15) is 20.4 Å². The number of phenols is 1. The van der Waals surface area contributed by atoms with Gasteiger partial charge in [0.2, 0.25) is 0 Å². The van der Waals surface area contributed by atoms with Crippen molar-refractivity contribution in [3.63, 3.8) is 0 Å². The quantitative estimate of drug-likeness (QED) is 0.568. The van der Waals surface area contributed by atoms with E-state index in [0.29, 0.717) is 0 Å². The van der Waals surface area contributed by atoms with E-state index < -0.39 is 17.5 Å². The predicted molar refractivity (Wildman–Crippen MR) is 57.9 cm³/mol. The van der Waals surface area contributed by atoms with Gasteiger partial charge in [-0.25, -0.2) is 0 Å². The Bertz CT molecular complexity index is 464. The summed E-state index contributed by atoms with van der Waals surface area (Å²) in [6, 6.07) is 6.02. The minimum atomic E-state index is -1.99. The first-order valence-corrected chi connectivity index (χ1v) is 4.83. The smallest absolute Gasteiger partial charge is 0.179 e. The largest absolute Gasteiger partial charge is 0.509 e. The topological polar surface area (TPSA) is 80.9 Å². The molecule has 0 spiro atoms. The third-order valence-electron chi connectivity index (χ3n) is 2.68. The van der Waals surface area contributed by atoms with Gasteiger partial charge in [-0.15, -0.1) is 0 Å². The molecule has 0 heterocycles. The molecule has 0 radical (unpaired) electrons. The summed E-state index contributed by atoms with van der Waals surface area (Å²) in [7, 11) is 0. The molecule has 16 heavy (non-hydrogen) atoms. The van der Waals surface area contributed by atoms with E-state index in [2.05, 4.69) is 0 Å². The molecule has 4 nitrogen and oxygen atoms in total. The van der Waals surface area contributed by atoms with Crippen molar-refractivity contribution in [2.75, 3.05) is 0 Å². The Morgan fingerprint density at radius 1 is 1.12 bits per heavy atom. The van der Waals surface area contributed by atoms with E-state index in [1.54, 1.807) is 12.1 Å². The maximum atomic E-state index is 10.3. The number of aliphatic hydroxyl groups excluding tert-OH is 2. The lowest BCUT2D eigenvalue weighted by atomic mass is 9.83. The van der Waals surface area contributed by atoms with Crippen LogP contribution in [0.1, 0.15) is 5.56 Å². The number of allylic oxidation sites excluding steroid dienone is 2. The molecule has 2 atom stereocenters. The second-order valence-electron chi connectivity index (χ2n) is 3.67. The molecule has 2 unspecified atom stereocenters. The van der Waals surface area contributed by atoms with Crippen molar-refractivity contribution in [3.8, 4) is 5.75 Å². The highest BCUT2D eigenvalue weighted by Gasteiger charge is 2.43. The molecule has 1 aliphatic rings. The van der Waals surface area contributed by atoms with Gasteiger partial charge >= 0.3 is 0 Å². The van der Waals surface area contributed by atoms with Crippen molar-refractivity contribution in [1.29, 1.82) is 0 Å². The predicted octanol–water partition coefficient (Wildman–Crippen LogP) is 0.952. The minimum Gasteiger partial charge on any atom is -0.509 e. The third-order valence-corrected chi connectivity index (χ3v) is 2.68. The monoisotopic (exact) mass is 220 g/mol. The molecule has 4 N–H and O–H groups in total. The van der Waals surface area contributed by atoms with Crippen molar-refractivity contribution in [1.82, 2.24) is 0 Å². The van der Waals surface area contributed by atoms with Crippen molar-refractivity contribution >= 4 is 0 Å². The van der Waals surface area contributed by atoms with Gasteiger partial charge in [-0.2, -0.15) is 0 Å². The summed E-state index contributed by atoms with van der Waals surface area (Å²) in [5.74, 6) is -0.580. The molecule has 1 aliphatic carbocycles. The lowest BCUT2D eigenvalue weighted by Crippen LogP contribution is -2.41. The van der Waals surface area contributed by atoms with Crippen LogP contribution in [0.3, 0.4) is 0 Å². The van der Waals surface area contributed by atoms with Crippen LogP contribution in [0, 0.1) is 0 Å². The molecule has 0 amide bonds. The van der Waals surface area contributed by atoms with E-state index in [1.165, 1.54) is 30.4 Å². The lowest BCUT2D eigenvalue weighted by molar-refractivity contribution is -0.0578. The highest BCUT2D eigenvalue weighted by molar-refractivity contribution is 5.45. The van der Waals surface area contributed by atoms with Crippen LogP contribution in [0.25, 0.3) is 0 Å². The van der Waals surface area contributed by atoms with E-state index in [4.69, 9.17) is 0 Å². The van der Waals surface area contributed by atoms with Crippen LogP contribution >= 0.6 is 0 Å². The van der Waals surface area contributed by atoms with Crippen molar-refractivity contribution in [2.24, 2.45) is 0 Å². The molecular weight excluding hydrogens is 208 g/mol. The summed E-state index contributed by atoms with van der Waals surface area (Å²) >= 11 is 0. The number of rotatable bonds is 1. The van der Waals surface area contributed by atoms with Gasteiger partial charge in [-0.05, 0) is 12.1 Å². The number of hydrogen-bond donors (Lipinski definition) is 4. The van der Waals surface area contributed by atoms with E-state index in [0.717, 1.165) is 0 Å². The minimum absolute atomic E-state index is 0.0700. The Kier molecular flexibility index (Phi) is 2.46. The molecule has 0 saturated carbocycles. The van der Waals surface area contributed by atoms with Crippen LogP contribution in [0.15, 0.2) is 48.3 Å². The van der Waals surface area contributed by atoms with Gasteiger partial charge in [0.05, 0.1) is 0 Å². The molecule has 0 aromatic heterocycles. The number of para-hydroxylation sites is 1. The Balaban J connectivity index is 2.58. The van der Waals surface area contributed by atoms with Gasteiger partial charge in [0, 0.05) is 5.56 Å². The summed E-state index contributed by atoms with van der Waals surface area (Å²) in [6.45, 7) is 0. The molecule has 1 aromatic carbocycles. The van der Waals surface area contributed by atoms with Crippen molar-refractivity contribution in [3.05, 3.63) is 53.8 Å². The number of aliphatic hydroxyl groups is 3. The second-order valence-corrected chi connectivity index (χ2v) is 3.67. The summed E-state index contributed by atoms with van der Waals surface area (Å²) in [5.41, 5.74) is -1.92. The summed E-state index contributed by atoms with van der Waals surface area (Å²) < 4.78 is 0. The zero-order chi connectivity index (χ0) is 11.8. The van der Waals surface area contributed by atoms with Crippen LogP contribution in [0.2, 0.25) is 0 Å². The molecule has 0 bridgehead atoms. The first-order chi connectivity index (χ1) is 7.56. The molecular formula is C12H12O4. The van der Waals surface area contributed by atoms with Crippen LogP contribution in [0.4, 0.5) is 0 Å². The molecule has 0 fully saturated rings. The standard InChI is InChI=1S/C12H12O4/c13-9-5-2-1-4-8(9)12(16)10(14)6-3-7-11(12)15/h1-7,10,13-16H. The highest BCUT2D eigenvalue weighted by atomic mass is 16.4. The van der Waals surface area contributed by atoms with Crippen LogP contribution in [0.5, 0.6) is 5.75 Å². The van der Waals surface area contributed by atoms with Crippen molar-refractivity contribution in [2.45, 2.75) is 11.7 Å². The molecule has 2 rings (SSSR count). The number of benzene rings is 1. The zero-order valence-electron chi connectivity index (χ0n) is 8.41. The van der Waals surface area contributed by atoms with E-state index >= 15 is 0 Å². The maximum absolute atomic E-state index is 10.3. The van der Waals surface area contributed by atoms with Gasteiger partial charge < -0.3 is 20.4 Å². The number of hydrogen-bond acceptors (Lipinski definition) is 4. The SMILES string of the molecule is OC1=CC=CC(O)C1(O)c1ccccc1O. The zero-order valence-corrected chi connectivity index (χ0v) is 8.41. The fourth-order valence-corrected chi connectivity index (χ4v) is 1.76. The molecule has 1 aromatic rings. The summed E-state index contributed by atoms with van der Waals surface area (Å²) in [5, 5.41) is 39.3. The second kappa shape index (κ2) is 3.66. The van der Waals surface area contributed by atoms with Gasteiger partial charge in [-0.3, -0.25) is 0 Å². The van der Waals surface area contributed by atoms with Gasteiger partial charge in [0.25, 0.3) is 0 Å². The Morgan fingerprint density at radius 3 is 2.44 bits per heavy atom. The first-order valence-electron chi connectivity index (χ1n) is 4.83. The molecule has 4 heteroatoms. The van der Waals surface area contributed by atoms with Crippen LogP contribution < -0.4 is 0 Å².